The van der Waals surface area contributed by atoms with Crippen molar-refractivity contribution >= 4 is 41.1 Å². The second-order valence-corrected chi connectivity index (χ2v) is 7.83. The third-order valence-electron chi connectivity index (χ3n) is 4.01. The van der Waals surface area contributed by atoms with Crippen LogP contribution in [-0.4, -0.2) is 41.5 Å². The minimum absolute atomic E-state index is 0.0401. The summed E-state index contributed by atoms with van der Waals surface area (Å²) in [4.78, 5) is 25.0. The number of ketones is 2. The van der Waals surface area contributed by atoms with Gasteiger partial charge in [0.15, 0.2) is 0 Å². The average Bonchev–Trinajstić information content (AvgIpc) is 2.47. The van der Waals surface area contributed by atoms with Crippen LogP contribution >= 0.6 is 23.4 Å². The quantitative estimate of drug-likeness (QED) is 0.475. The molecule has 0 aromatic rings. The molecule has 6 heteroatoms. The van der Waals surface area contributed by atoms with Gasteiger partial charge < -0.3 is 10.1 Å². The van der Waals surface area contributed by atoms with E-state index in [9.17, 15) is 9.59 Å². The molecule has 1 saturated carbocycles. The number of Topliss-reactive ketones (excluding diaryl/α,β-unsaturated/α-hetero) is 2. The molecule has 0 heterocycles. The summed E-state index contributed by atoms with van der Waals surface area (Å²) < 4.78 is 5.59. The Morgan fingerprint density at radius 1 is 1.39 bits per heavy atom. The maximum atomic E-state index is 12.5. The molecular weight excluding hydrogens is 334 g/mol. The van der Waals surface area contributed by atoms with Crippen LogP contribution in [0.2, 0.25) is 0 Å². The van der Waals surface area contributed by atoms with E-state index >= 15 is 0 Å². The van der Waals surface area contributed by atoms with Crippen LogP contribution < -0.4 is 0 Å². The lowest BCUT2D eigenvalue weighted by Gasteiger charge is -2.31. The van der Waals surface area contributed by atoms with Crippen molar-refractivity contribution in [3.8, 4) is 0 Å². The monoisotopic (exact) mass is 359 g/mol. The van der Waals surface area contributed by atoms with E-state index in [1.54, 1.807) is 6.08 Å². The van der Waals surface area contributed by atoms with Gasteiger partial charge in [0.1, 0.15) is 17.5 Å². The van der Waals surface area contributed by atoms with Gasteiger partial charge in [0, 0.05) is 30.0 Å². The standard InChI is InChI=1S/C17H26ClNO3S/c1-3-23-12(2)9-13-10-14(20)17(15(21)11-13)16(5-7-19)22-8-4-6-18/h4,6-7,12-13,16-17,19H,3,5,8-11H2,1-2H3. The lowest BCUT2D eigenvalue weighted by atomic mass is 9.75. The molecule has 23 heavy (non-hydrogen) atoms. The zero-order valence-electron chi connectivity index (χ0n) is 13.8. The number of hydrogen-bond donors (Lipinski definition) is 1. The van der Waals surface area contributed by atoms with Gasteiger partial charge >= 0.3 is 0 Å². The molecule has 4 nitrogen and oxygen atoms in total. The molecule has 0 radical (unpaired) electrons. The Bertz CT molecular complexity index is 424. The number of hydrogen-bond acceptors (Lipinski definition) is 5. The average molecular weight is 360 g/mol. The van der Waals surface area contributed by atoms with Gasteiger partial charge in [-0.25, -0.2) is 0 Å². The van der Waals surface area contributed by atoms with Crippen molar-refractivity contribution in [2.45, 2.75) is 50.9 Å². The molecule has 1 aliphatic carbocycles. The van der Waals surface area contributed by atoms with E-state index in [0.29, 0.717) is 18.1 Å². The molecule has 0 amide bonds. The van der Waals surface area contributed by atoms with Crippen LogP contribution in [-0.2, 0) is 14.3 Å². The van der Waals surface area contributed by atoms with E-state index < -0.39 is 12.0 Å². The van der Waals surface area contributed by atoms with E-state index in [2.05, 4.69) is 13.8 Å². The topological polar surface area (TPSA) is 67.2 Å². The predicted octanol–water partition coefficient (Wildman–Crippen LogP) is 3.86. The highest BCUT2D eigenvalue weighted by Crippen LogP contribution is 2.32. The molecule has 130 valence electrons. The van der Waals surface area contributed by atoms with Crippen molar-refractivity contribution in [3.05, 3.63) is 11.6 Å². The number of thioether (sulfide) groups is 1. The minimum atomic E-state index is -0.731. The number of carbonyl (C=O) groups excluding carboxylic acids is 2. The van der Waals surface area contributed by atoms with Gasteiger partial charge in [0.05, 0.1) is 12.7 Å². The molecule has 2 unspecified atom stereocenters. The van der Waals surface area contributed by atoms with Gasteiger partial charge in [-0.05, 0) is 30.4 Å². The summed E-state index contributed by atoms with van der Waals surface area (Å²) in [5.74, 6) is 0.375. The Morgan fingerprint density at radius 3 is 2.57 bits per heavy atom. The van der Waals surface area contributed by atoms with Crippen LogP contribution in [0.1, 0.15) is 39.5 Å². The van der Waals surface area contributed by atoms with E-state index in [0.717, 1.165) is 12.2 Å². The second kappa shape index (κ2) is 11.0. The van der Waals surface area contributed by atoms with Crippen LogP contribution in [0.15, 0.2) is 11.6 Å². The van der Waals surface area contributed by atoms with Crippen molar-refractivity contribution in [1.82, 2.24) is 0 Å². The smallest absolute Gasteiger partial charge is 0.146 e. The second-order valence-electron chi connectivity index (χ2n) is 5.86. The third-order valence-corrected chi connectivity index (χ3v) is 5.28. The highest BCUT2D eigenvalue weighted by Gasteiger charge is 2.40. The zero-order chi connectivity index (χ0) is 17.2. The van der Waals surface area contributed by atoms with E-state index in [4.69, 9.17) is 21.7 Å². The Balaban J connectivity index is 2.68. The Hall–Kier alpha value is -0.650. The van der Waals surface area contributed by atoms with Crippen LogP contribution in [0, 0.1) is 17.2 Å². The van der Waals surface area contributed by atoms with Gasteiger partial charge in [0.25, 0.3) is 0 Å². The van der Waals surface area contributed by atoms with E-state index in [1.807, 2.05) is 11.8 Å². The van der Waals surface area contributed by atoms with Crippen LogP contribution in [0.25, 0.3) is 0 Å². The Morgan fingerprint density at radius 2 is 2.04 bits per heavy atom. The fraction of sp³-hybridized carbons (Fsp3) is 0.706. The molecule has 0 spiro atoms. The summed E-state index contributed by atoms with van der Waals surface area (Å²) in [5.41, 5.74) is 1.34. The predicted molar refractivity (Wildman–Crippen MR) is 96.6 cm³/mol. The highest BCUT2D eigenvalue weighted by molar-refractivity contribution is 7.99. The van der Waals surface area contributed by atoms with E-state index in [1.165, 1.54) is 11.7 Å². The molecule has 0 saturated heterocycles. The fourth-order valence-corrected chi connectivity index (χ4v) is 4.16. The zero-order valence-corrected chi connectivity index (χ0v) is 15.4. The molecule has 0 aliphatic heterocycles. The van der Waals surface area contributed by atoms with Gasteiger partial charge in [-0.3, -0.25) is 9.59 Å². The Labute approximate surface area is 147 Å². The minimum Gasteiger partial charge on any atom is -0.373 e. The van der Waals surface area contributed by atoms with Crippen molar-refractivity contribution < 1.29 is 14.3 Å². The van der Waals surface area contributed by atoms with Crippen molar-refractivity contribution in [3.63, 3.8) is 0 Å². The van der Waals surface area contributed by atoms with Crippen molar-refractivity contribution in [2.24, 2.45) is 11.8 Å². The maximum absolute atomic E-state index is 12.5. The molecule has 1 aliphatic rings. The van der Waals surface area contributed by atoms with Crippen LogP contribution in [0.4, 0.5) is 0 Å². The van der Waals surface area contributed by atoms with Gasteiger partial charge in [-0.2, -0.15) is 11.8 Å². The SMILES string of the molecule is CCSC(C)CC1CC(=O)C(C(CC=N)OCC=CCl)C(=O)C1. The molecule has 1 fully saturated rings. The summed E-state index contributed by atoms with van der Waals surface area (Å²) >= 11 is 7.32. The number of ether oxygens (including phenoxy) is 1. The van der Waals surface area contributed by atoms with Crippen molar-refractivity contribution in [1.29, 1.82) is 5.41 Å². The van der Waals surface area contributed by atoms with Gasteiger partial charge in [-0.15, -0.1) is 0 Å². The summed E-state index contributed by atoms with van der Waals surface area (Å²) in [6, 6.07) is 0. The van der Waals surface area contributed by atoms with Crippen LogP contribution in [0.3, 0.4) is 0 Å². The third kappa shape index (κ3) is 6.77. The molecule has 0 aromatic carbocycles. The lowest BCUT2D eigenvalue weighted by molar-refractivity contribution is -0.143. The summed E-state index contributed by atoms with van der Waals surface area (Å²) in [6.07, 6.45) is 4.30. The number of nitrogens with one attached hydrogen (secondary N) is 1. The van der Waals surface area contributed by atoms with Crippen molar-refractivity contribution in [2.75, 3.05) is 12.4 Å². The fourth-order valence-electron chi connectivity index (χ4n) is 3.11. The lowest BCUT2D eigenvalue weighted by Crippen LogP contribution is -2.42. The summed E-state index contributed by atoms with van der Waals surface area (Å²) in [6.45, 7) is 4.50. The van der Waals surface area contributed by atoms with E-state index in [-0.39, 0.29) is 30.5 Å². The molecule has 0 aromatic heterocycles. The first-order valence-electron chi connectivity index (χ1n) is 8.06. The first-order valence-corrected chi connectivity index (χ1v) is 9.54. The number of halogens is 1. The Kier molecular flexibility index (Phi) is 9.75. The van der Waals surface area contributed by atoms with Gasteiger partial charge in [-0.1, -0.05) is 25.4 Å². The summed E-state index contributed by atoms with van der Waals surface area (Å²) in [5, 5.41) is 7.73. The normalized spacial score (nSPS) is 24.8. The number of rotatable bonds is 10. The summed E-state index contributed by atoms with van der Waals surface area (Å²) in [7, 11) is 0. The molecular formula is C17H26ClNO3S. The van der Waals surface area contributed by atoms with Gasteiger partial charge in [0.2, 0.25) is 0 Å². The molecule has 1 rings (SSSR count). The first kappa shape index (κ1) is 20.4. The largest absolute Gasteiger partial charge is 0.373 e. The number of carbonyl (C=O) groups is 2. The maximum Gasteiger partial charge on any atom is 0.146 e. The highest BCUT2D eigenvalue weighted by atomic mass is 35.5. The van der Waals surface area contributed by atoms with Crippen LogP contribution in [0.5, 0.6) is 0 Å². The molecule has 0 bridgehead atoms. The first-order chi connectivity index (χ1) is 11.0. The molecule has 1 N–H and O–H groups in total. The molecule has 2 atom stereocenters.